The number of nitrogens with one attached hydrogen (secondary N) is 1. The molecule has 42 heavy (non-hydrogen) atoms. The molecule has 0 saturated heterocycles. The summed E-state index contributed by atoms with van der Waals surface area (Å²) in [6.07, 6.45) is -0.328. The molecule has 0 unspecified atom stereocenters. The number of likely N-dealkylation sites (N-methyl/N-ethyl adjacent to an activating group) is 1. The Morgan fingerprint density at radius 1 is 1.07 bits per heavy atom. The Morgan fingerprint density at radius 3 is 2.52 bits per heavy atom. The maximum Gasteiger partial charge on any atom is 0.261 e. The Kier molecular flexibility index (Phi) is 8.58. The second-order valence-corrected chi connectivity index (χ2v) is 12.5. The Bertz CT molecular complexity index is 1550. The molecule has 1 amide bonds. The predicted molar refractivity (Wildman–Crippen MR) is 154 cm³/mol. The quantitative estimate of drug-likeness (QED) is 0.383. The molecule has 0 saturated carbocycles. The third-order valence-corrected chi connectivity index (χ3v) is 8.82. The first-order chi connectivity index (χ1) is 20.0. The largest absolute Gasteiger partial charge is 0.488 e. The molecule has 0 bridgehead atoms. The average molecular weight is 600 g/mol. The van der Waals surface area contributed by atoms with Crippen LogP contribution in [0.4, 0.5) is 10.1 Å². The summed E-state index contributed by atoms with van der Waals surface area (Å²) in [5.41, 5.74) is 1.37. The standard InChI is InChI=1S/C30H34FN3O7S/c1-19-14-34(20(2)17-35)30(36)25-13-23(32-42(37,38)24-8-5-22(31)6-9-24)7-11-26(25)41-29(19)16-33(3)15-21-4-10-27-28(12-21)40-18-39-27/h4-13,19-20,29,32,35H,14-18H2,1-3H3/t19-,20-,29-/m0/s1. The molecule has 3 aromatic carbocycles. The second kappa shape index (κ2) is 12.2. The minimum absolute atomic E-state index is 0.0908. The number of aliphatic hydroxyl groups is 1. The monoisotopic (exact) mass is 599 g/mol. The average Bonchev–Trinajstić information content (AvgIpc) is 3.43. The molecule has 0 aromatic heterocycles. The lowest BCUT2D eigenvalue weighted by atomic mass is 9.99. The molecule has 10 nitrogen and oxygen atoms in total. The molecule has 0 radical (unpaired) electrons. The van der Waals surface area contributed by atoms with Gasteiger partial charge in [0.1, 0.15) is 17.7 Å². The zero-order chi connectivity index (χ0) is 30.0. The number of nitrogens with zero attached hydrogens (tertiary/aromatic N) is 2. The van der Waals surface area contributed by atoms with Crippen LogP contribution in [-0.4, -0.2) is 74.9 Å². The SMILES string of the molecule is C[C@H]1CN([C@@H](C)CO)C(=O)c2cc(NS(=O)(=O)c3ccc(F)cc3)ccc2O[C@H]1CN(C)Cc1ccc2c(c1)OCO2. The van der Waals surface area contributed by atoms with Crippen LogP contribution in [0.3, 0.4) is 0 Å². The van der Waals surface area contributed by atoms with Crippen molar-refractivity contribution in [2.75, 3.05) is 38.3 Å². The Hall–Kier alpha value is -3.87. The van der Waals surface area contributed by atoms with Gasteiger partial charge in [0.15, 0.2) is 11.5 Å². The maximum absolute atomic E-state index is 13.7. The summed E-state index contributed by atoms with van der Waals surface area (Å²) in [6.45, 7) is 5.21. The molecule has 0 fully saturated rings. The molecule has 12 heteroatoms. The van der Waals surface area contributed by atoms with Crippen LogP contribution in [0, 0.1) is 11.7 Å². The van der Waals surface area contributed by atoms with E-state index in [0.29, 0.717) is 31.1 Å². The summed E-state index contributed by atoms with van der Waals surface area (Å²) in [5, 5.41) is 9.93. The van der Waals surface area contributed by atoms with Crippen LogP contribution in [0.2, 0.25) is 0 Å². The molecule has 3 atom stereocenters. The van der Waals surface area contributed by atoms with Crippen LogP contribution in [-0.2, 0) is 16.6 Å². The van der Waals surface area contributed by atoms with Gasteiger partial charge in [0.2, 0.25) is 6.79 Å². The van der Waals surface area contributed by atoms with Crippen molar-refractivity contribution in [2.24, 2.45) is 5.92 Å². The normalized spacial score (nSPS) is 19.1. The zero-order valence-electron chi connectivity index (χ0n) is 23.6. The van der Waals surface area contributed by atoms with Gasteiger partial charge in [-0.3, -0.25) is 14.4 Å². The van der Waals surface area contributed by atoms with Crippen molar-refractivity contribution in [3.8, 4) is 17.2 Å². The number of benzene rings is 3. The maximum atomic E-state index is 13.7. The van der Waals surface area contributed by atoms with Gasteiger partial charge in [-0.05, 0) is 74.1 Å². The highest BCUT2D eigenvalue weighted by Crippen LogP contribution is 2.34. The van der Waals surface area contributed by atoms with Crippen LogP contribution in [0.1, 0.15) is 29.8 Å². The number of carbonyl (C=O) groups is 1. The Labute approximate surface area is 244 Å². The van der Waals surface area contributed by atoms with Crippen LogP contribution >= 0.6 is 0 Å². The van der Waals surface area contributed by atoms with Gasteiger partial charge in [0.05, 0.1) is 23.1 Å². The number of hydrogen-bond donors (Lipinski definition) is 2. The molecule has 2 aliphatic heterocycles. The second-order valence-electron chi connectivity index (χ2n) is 10.8. The van der Waals surface area contributed by atoms with Gasteiger partial charge in [-0.1, -0.05) is 13.0 Å². The van der Waals surface area contributed by atoms with Gasteiger partial charge in [-0.2, -0.15) is 0 Å². The summed E-state index contributed by atoms with van der Waals surface area (Å²) in [5.74, 6) is 0.718. The summed E-state index contributed by atoms with van der Waals surface area (Å²) in [6, 6.07) is 14.3. The highest BCUT2D eigenvalue weighted by Gasteiger charge is 2.34. The smallest absolute Gasteiger partial charge is 0.261 e. The van der Waals surface area contributed by atoms with E-state index in [2.05, 4.69) is 9.62 Å². The van der Waals surface area contributed by atoms with Gasteiger partial charge in [0, 0.05) is 31.2 Å². The van der Waals surface area contributed by atoms with Crippen molar-refractivity contribution in [1.82, 2.24) is 9.80 Å². The molecule has 2 aliphatic rings. The Morgan fingerprint density at radius 2 is 1.79 bits per heavy atom. The fourth-order valence-corrected chi connectivity index (χ4v) is 6.10. The van der Waals surface area contributed by atoms with E-state index in [-0.39, 0.29) is 47.5 Å². The topological polar surface area (TPSA) is 118 Å². The summed E-state index contributed by atoms with van der Waals surface area (Å²) in [7, 11) is -2.06. The van der Waals surface area contributed by atoms with Gasteiger partial charge in [0.25, 0.3) is 15.9 Å². The van der Waals surface area contributed by atoms with E-state index in [0.717, 1.165) is 35.6 Å². The van der Waals surface area contributed by atoms with E-state index in [4.69, 9.17) is 14.2 Å². The number of anilines is 1. The molecule has 0 aliphatic carbocycles. The first-order valence-corrected chi connectivity index (χ1v) is 15.1. The lowest BCUT2D eigenvalue weighted by Gasteiger charge is -2.38. The molecule has 0 spiro atoms. The number of amides is 1. The molecule has 3 aromatic rings. The third-order valence-electron chi connectivity index (χ3n) is 7.42. The summed E-state index contributed by atoms with van der Waals surface area (Å²) in [4.78, 5) is 17.3. The molecule has 5 rings (SSSR count). The van der Waals surface area contributed by atoms with Gasteiger partial charge in [-0.15, -0.1) is 0 Å². The van der Waals surface area contributed by atoms with E-state index in [9.17, 15) is 22.7 Å². The van der Waals surface area contributed by atoms with Crippen LogP contribution < -0.4 is 18.9 Å². The van der Waals surface area contributed by atoms with E-state index >= 15 is 0 Å². The van der Waals surface area contributed by atoms with Crippen LogP contribution in [0.15, 0.2) is 65.6 Å². The molecule has 2 N–H and O–H groups in total. The lowest BCUT2D eigenvalue weighted by molar-refractivity contribution is 0.0341. The van der Waals surface area contributed by atoms with Gasteiger partial charge >= 0.3 is 0 Å². The van der Waals surface area contributed by atoms with Crippen molar-refractivity contribution >= 4 is 21.6 Å². The zero-order valence-corrected chi connectivity index (χ0v) is 24.4. The van der Waals surface area contributed by atoms with Crippen LogP contribution in [0.5, 0.6) is 17.2 Å². The van der Waals surface area contributed by atoms with Crippen molar-refractivity contribution < 1.29 is 36.9 Å². The van der Waals surface area contributed by atoms with Gasteiger partial charge < -0.3 is 24.2 Å². The lowest BCUT2D eigenvalue weighted by Crippen LogP contribution is -2.49. The minimum Gasteiger partial charge on any atom is -0.488 e. The highest BCUT2D eigenvalue weighted by atomic mass is 32.2. The van der Waals surface area contributed by atoms with Crippen LogP contribution in [0.25, 0.3) is 0 Å². The van der Waals surface area contributed by atoms with Crippen molar-refractivity contribution in [3.63, 3.8) is 0 Å². The van der Waals surface area contributed by atoms with Gasteiger partial charge in [-0.25, -0.2) is 12.8 Å². The van der Waals surface area contributed by atoms with Crippen molar-refractivity contribution in [3.05, 3.63) is 77.6 Å². The number of fused-ring (bicyclic) bond motifs is 2. The molecule has 2 heterocycles. The third kappa shape index (κ3) is 6.45. The molecular weight excluding hydrogens is 565 g/mol. The number of sulfonamides is 1. The first-order valence-electron chi connectivity index (χ1n) is 13.6. The van der Waals surface area contributed by atoms with E-state index in [1.807, 2.05) is 32.2 Å². The number of hydrogen-bond acceptors (Lipinski definition) is 8. The van der Waals surface area contributed by atoms with Crippen molar-refractivity contribution in [2.45, 2.75) is 37.4 Å². The van der Waals surface area contributed by atoms with Crippen molar-refractivity contribution in [1.29, 1.82) is 0 Å². The summed E-state index contributed by atoms with van der Waals surface area (Å²) >= 11 is 0. The number of aliphatic hydroxyl groups excluding tert-OH is 1. The van der Waals surface area contributed by atoms with E-state index in [1.165, 1.54) is 12.1 Å². The predicted octanol–water partition coefficient (Wildman–Crippen LogP) is 3.71. The number of carbonyl (C=O) groups excluding carboxylic acids is 1. The van der Waals surface area contributed by atoms with E-state index in [1.54, 1.807) is 17.9 Å². The number of rotatable bonds is 9. The number of ether oxygens (including phenoxy) is 3. The summed E-state index contributed by atoms with van der Waals surface area (Å²) < 4.78 is 59.0. The highest BCUT2D eigenvalue weighted by molar-refractivity contribution is 7.92. The van der Waals surface area contributed by atoms with E-state index < -0.39 is 21.9 Å². The fourth-order valence-electron chi connectivity index (χ4n) is 5.05. The minimum atomic E-state index is -4.04. The Balaban J connectivity index is 1.40. The molecular formula is C30H34FN3O7S. The molecule has 224 valence electrons. The fraction of sp³-hybridized carbons (Fsp3) is 0.367. The number of halogens is 1. The first kappa shape index (κ1) is 29.6.